The summed E-state index contributed by atoms with van der Waals surface area (Å²) in [5.41, 5.74) is 16.6. The van der Waals surface area contributed by atoms with Crippen molar-refractivity contribution in [1.29, 1.82) is 0 Å². The van der Waals surface area contributed by atoms with Crippen LogP contribution >= 0.6 is 0 Å². The van der Waals surface area contributed by atoms with Crippen molar-refractivity contribution in [3.8, 4) is 22.9 Å². The number of unbranched alkanes of at least 4 members (excludes halogenated alkanes) is 8. The standard InChI is InChI=1S/C44H56N6Si/c1-7-9-11-13-15-18-32-35-21-23-37(46-35)34(20-17-31-51(4,5)6)38-24-22-36(47-38)33(19-16-14-12-10-8-2)40-26-28-42(49-40)43(41-27-25-39(32)48-41)44-45-29-30-50(44)3/h21-30,46,49H,7-16,18-20H2,1-6H3. The van der Waals surface area contributed by atoms with Crippen molar-refractivity contribution in [2.75, 3.05) is 0 Å². The molecule has 0 spiro atoms. The molecule has 0 fully saturated rings. The summed E-state index contributed by atoms with van der Waals surface area (Å²) in [6, 6.07) is 8.90. The number of hydrogen-bond acceptors (Lipinski definition) is 3. The molecule has 2 N–H and O–H groups in total. The van der Waals surface area contributed by atoms with Crippen LogP contribution in [0.1, 0.15) is 118 Å². The van der Waals surface area contributed by atoms with E-state index in [-0.39, 0.29) is 0 Å². The van der Waals surface area contributed by atoms with Crippen molar-refractivity contribution < 1.29 is 0 Å². The summed E-state index contributed by atoms with van der Waals surface area (Å²) in [5.74, 6) is 4.47. The van der Waals surface area contributed by atoms with Crippen LogP contribution in [0.3, 0.4) is 0 Å². The van der Waals surface area contributed by atoms with Crippen LogP contribution in [0.15, 0.2) is 36.7 Å². The Kier molecular flexibility index (Phi) is 11.9. The second kappa shape index (κ2) is 16.7. The molecular weight excluding hydrogens is 641 g/mol. The molecule has 0 radical (unpaired) electrons. The lowest BCUT2D eigenvalue weighted by atomic mass is 10.0. The molecule has 0 saturated heterocycles. The molecular formula is C44H56N6Si. The first-order valence-corrected chi connectivity index (χ1v) is 22.9. The van der Waals surface area contributed by atoms with Crippen LogP contribution in [0, 0.1) is 11.5 Å². The molecule has 6 heterocycles. The lowest BCUT2D eigenvalue weighted by Crippen LogP contribution is -2.16. The minimum Gasteiger partial charge on any atom is -0.355 e. The minimum absolute atomic E-state index is 0.660. The molecule has 0 saturated carbocycles. The van der Waals surface area contributed by atoms with E-state index >= 15 is 0 Å². The summed E-state index contributed by atoms with van der Waals surface area (Å²) in [5, 5.41) is 0. The van der Waals surface area contributed by atoms with Crippen LogP contribution in [-0.2, 0) is 26.3 Å². The number of H-pyrrole nitrogens is 2. The molecule has 4 aromatic rings. The summed E-state index contributed by atoms with van der Waals surface area (Å²) >= 11 is 0. The molecule has 8 bridgehead atoms. The number of nitrogens with zero attached hydrogens (tertiary/aromatic N) is 4. The maximum Gasteiger partial charge on any atom is 0.143 e. The average Bonchev–Trinajstić information content (AvgIpc) is 3.95. The van der Waals surface area contributed by atoms with Gasteiger partial charge in [-0.05, 0) is 74.3 Å². The van der Waals surface area contributed by atoms with Crippen LogP contribution in [0.5, 0.6) is 0 Å². The third kappa shape index (κ3) is 8.91. The number of aromatic amines is 2. The van der Waals surface area contributed by atoms with E-state index in [9.17, 15) is 0 Å². The summed E-state index contributed by atoms with van der Waals surface area (Å²) in [6.07, 6.45) is 27.5. The molecule has 2 aliphatic rings. The average molecular weight is 697 g/mol. The van der Waals surface area contributed by atoms with Crippen molar-refractivity contribution in [2.24, 2.45) is 7.05 Å². The zero-order valence-electron chi connectivity index (χ0n) is 31.8. The summed E-state index contributed by atoms with van der Waals surface area (Å²) in [4.78, 5) is 23.3. The summed E-state index contributed by atoms with van der Waals surface area (Å²) in [6.45, 7) is 11.5. The maximum absolute atomic E-state index is 5.38. The van der Waals surface area contributed by atoms with Crippen LogP contribution < -0.4 is 0 Å². The number of hydrogen-bond donors (Lipinski definition) is 2. The molecule has 266 valence electrons. The van der Waals surface area contributed by atoms with E-state index in [1.807, 2.05) is 12.4 Å². The van der Waals surface area contributed by atoms with E-state index in [1.165, 1.54) is 62.5 Å². The second-order valence-electron chi connectivity index (χ2n) is 15.2. The van der Waals surface area contributed by atoms with Crippen molar-refractivity contribution >= 4 is 54.4 Å². The molecule has 0 aromatic carbocycles. The molecule has 7 heteroatoms. The second-order valence-corrected chi connectivity index (χ2v) is 20.0. The molecule has 0 aliphatic carbocycles. The Morgan fingerprint density at radius 3 is 1.67 bits per heavy atom. The largest absolute Gasteiger partial charge is 0.355 e. The van der Waals surface area contributed by atoms with Gasteiger partial charge < -0.3 is 14.5 Å². The first-order chi connectivity index (χ1) is 24.8. The maximum atomic E-state index is 5.38. The predicted molar refractivity (Wildman–Crippen MR) is 221 cm³/mol. The van der Waals surface area contributed by atoms with E-state index in [1.54, 1.807) is 0 Å². The van der Waals surface area contributed by atoms with Crippen LogP contribution in [0.25, 0.3) is 57.8 Å². The van der Waals surface area contributed by atoms with Crippen LogP contribution in [0.4, 0.5) is 0 Å². The topological polar surface area (TPSA) is 75.2 Å². The smallest absolute Gasteiger partial charge is 0.143 e. The van der Waals surface area contributed by atoms with E-state index in [0.29, 0.717) is 6.42 Å². The Bertz CT molecular complexity index is 2110. The number of fused-ring (bicyclic) bond motifs is 8. The number of nitrogens with one attached hydrogen (secondary N) is 2. The van der Waals surface area contributed by atoms with Gasteiger partial charge in [0.05, 0.1) is 33.9 Å². The van der Waals surface area contributed by atoms with Gasteiger partial charge in [-0.2, -0.15) is 0 Å². The molecule has 0 unspecified atom stereocenters. The van der Waals surface area contributed by atoms with Gasteiger partial charge in [-0.3, -0.25) is 0 Å². The zero-order chi connectivity index (χ0) is 35.8. The van der Waals surface area contributed by atoms with Crippen molar-refractivity contribution in [2.45, 2.75) is 117 Å². The van der Waals surface area contributed by atoms with E-state index in [0.717, 1.165) is 87.5 Å². The summed E-state index contributed by atoms with van der Waals surface area (Å²) < 4.78 is 2.09. The monoisotopic (exact) mass is 696 g/mol. The lowest BCUT2D eigenvalue weighted by molar-refractivity contribution is 0.632. The van der Waals surface area contributed by atoms with E-state index in [4.69, 9.17) is 15.0 Å². The van der Waals surface area contributed by atoms with Gasteiger partial charge in [0.15, 0.2) is 0 Å². The third-order valence-corrected chi connectivity index (χ3v) is 10.8. The number of aryl methyl sites for hydroxylation is 3. The highest BCUT2D eigenvalue weighted by Crippen LogP contribution is 2.32. The van der Waals surface area contributed by atoms with Gasteiger partial charge in [-0.15, -0.1) is 11.5 Å². The lowest BCUT2D eigenvalue weighted by Gasteiger charge is -2.06. The van der Waals surface area contributed by atoms with Gasteiger partial charge in [0.25, 0.3) is 0 Å². The number of rotatable bonds is 14. The van der Waals surface area contributed by atoms with E-state index < -0.39 is 8.07 Å². The number of aromatic nitrogens is 6. The SMILES string of the molecule is CCCCCCCc1c2nc(c(-c3nccn3C)c3ccc([nH]3)c(CCCCCCC)c3nc(c(CC#C[Si](C)(C)C)c4ccc1[nH]4)C=C3)C=C2. The molecule has 6 rings (SSSR count). The molecule has 6 nitrogen and oxygen atoms in total. The fourth-order valence-corrected chi connectivity index (χ4v) is 7.76. The Hall–Kier alpha value is -4.41. The first kappa shape index (κ1) is 36.4. The Balaban J connectivity index is 1.63. The van der Waals surface area contributed by atoms with Gasteiger partial charge in [0.1, 0.15) is 13.9 Å². The molecule has 2 aliphatic heterocycles. The molecule has 51 heavy (non-hydrogen) atoms. The Labute approximate surface area is 306 Å². The third-order valence-electron chi connectivity index (χ3n) is 9.91. The van der Waals surface area contributed by atoms with Crippen molar-refractivity contribution in [3.63, 3.8) is 0 Å². The van der Waals surface area contributed by atoms with Gasteiger partial charge in [0, 0.05) is 59.1 Å². The van der Waals surface area contributed by atoms with Gasteiger partial charge >= 0.3 is 0 Å². The molecule has 0 amide bonds. The highest BCUT2D eigenvalue weighted by atomic mass is 28.3. The quantitative estimate of drug-likeness (QED) is 0.0676. The van der Waals surface area contributed by atoms with Crippen molar-refractivity contribution in [1.82, 2.24) is 29.5 Å². The molecule has 0 atom stereocenters. The van der Waals surface area contributed by atoms with Gasteiger partial charge in [-0.1, -0.05) is 84.9 Å². The van der Waals surface area contributed by atoms with Gasteiger partial charge in [0.2, 0.25) is 0 Å². The minimum atomic E-state index is -1.54. The normalized spacial score (nSPS) is 12.4. The summed E-state index contributed by atoms with van der Waals surface area (Å²) in [7, 11) is 0.521. The number of imidazole rings is 1. The highest BCUT2D eigenvalue weighted by molar-refractivity contribution is 6.83. The highest BCUT2D eigenvalue weighted by Gasteiger charge is 2.18. The Morgan fingerprint density at radius 1 is 0.627 bits per heavy atom. The molecule has 4 aromatic heterocycles. The van der Waals surface area contributed by atoms with Crippen LogP contribution in [-0.4, -0.2) is 37.6 Å². The first-order valence-electron chi connectivity index (χ1n) is 19.4. The van der Waals surface area contributed by atoms with Gasteiger partial charge in [-0.25, -0.2) is 15.0 Å². The van der Waals surface area contributed by atoms with Crippen molar-refractivity contribution in [3.05, 3.63) is 76.1 Å². The predicted octanol–water partition coefficient (Wildman–Crippen LogP) is 11.5. The van der Waals surface area contributed by atoms with E-state index in [2.05, 4.69) is 115 Å². The zero-order valence-corrected chi connectivity index (χ0v) is 32.8. The van der Waals surface area contributed by atoms with Crippen LogP contribution in [0.2, 0.25) is 19.6 Å². The Morgan fingerprint density at radius 2 is 1.12 bits per heavy atom. The fourth-order valence-electron chi connectivity index (χ4n) is 7.14. The fraction of sp³-hybridized carbons (Fsp3) is 0.432.